The largest absolute Gasteiger partial charge is 0.449 e. The lowest BCUT2D eigenvalue weighted by atomic mass is 10.2. The van der Waals surface area contributed by atoms with Gasteiger partial charge in [0.05, 0.1) is 5.56 Å². The molecule has 1 aromatic rings. The van der Waals surface area contributed by atoms with Gasteiger partial charge in [0.2, 0.25) is 0 Å². The van der Waals surface area contributed by atoms with Crippen molar-refractivity contribution in [1.29, 1.82) is 0 Å². The van der Waals surface area contributed by atoms with E-state index in [1.165, 1.54) is 0 Å². The Kier molecular flexibility index (Phi) is 5.39. The topological polar surface area (TPSA) is 55.4 Å². The molecule has 0 heterocycles. The Morgan fingerprint density at radius 1 is 1.30 bits per heavy atom. The fourth-order valence-electron chi connectivity index (χ4n) is 2.29. The molecule has 0 spiro atoms. The fourth-order valence-corrected chi connectivity index (χ4v) is 2.90. The van der Waals surface area contributed by atoms with Crippen LogP contribution < -0.4 is 5.32 Å². The van der Waals surface area contributed by atoms with E-state index in [1.807, 2.05) is 12.1 Å². The molecule has 0 aliphatic heterocycles. The first-order valence-corrected chi connectivity index (χ1v) is 7.91. The number of ether oxygens (including phenoxy) is 1. The Bertz CT molecular complexity index is 498. The highest BCUT2D eigenvalue weighted by Crippen LogP contribution is 2.18. The highest BCUT2D eigenvalue weighted by molar-refractivity contribution is 14.1. The van der Waals surface area contributed by atoms with Crippen molar-refractivity contribution in [3.05, 3.63) is 33.4 Å². The average Bonchev–Trinajstić information content (AvgIpc) is 2.91. The lowest BCUT2D eigenvalue weighted by Crippen LogP contribution is -2.40. The van der Waals surface area contributed by atoms with Gasteiger partial charge in [-0.2, -0.15) is 0 Å². The van der Waals surface area contributed by atoms with E-state index < -0.39 is 12.1 Å². The van der Waals surface area contributed by atoms with Crippen LogP contribution in [0.3, 0.4) is 0 Å². The van der Waals surface area contributed by atoms with E-state index in [4.69, 9.17) is 4.74 Å². The SMILES string of the molecule is CC(OC(=O)c1ccccc1I)C(=O)NC1CCCC1. The zero-order chi connectivity index (χ0) is 14.5. The van der Waals surface area contributed by atoms with E-state index in [0.29, 0.717) is 5.56 Å². The van der Waals surface area contributed by atoms with Gasteiger partial charge in [-0.05, 0) is 54.5 Å². The number of carbonyl (C=O) groups excluding carboxylic acids is 2. The average molecular weight is 387 g/mol. The number of benzene rings is 1. The van der Waals surface area contributed by atoms with E-state index >= 15 is 0 Å². The minimum Gasteiger partial charge on any atom is -0.449 e. The Labute approximate surface area is 132 Å². The lowest BCUT2D eigenvalue weighted by Gasteiger charge is -2.17. The van der Waals surface area contributed by atoms with Crippen molar-refractivity contribution < 1.29 is 14.3 Å². The molecule has 0 saturated heterocycles. The molecule has 0 aromatic heterocycles. The number of hydrogen-bond donors (Lipinski definition) is 1. The van der Waals surface area contributed by atoms with Crippen LogP contribution in [0.4, 0.5) is 0 Å². The molecule has 1 N–H and O–H groups in total. The minimum atomic E-state index is -0.765. The molecule has 1 aliphatic carbocycles. The molecule has 20 heavy (non-hydrogen) atoms. The predicted octanol–water partition coefficient (Wildman–Crippen LogP) is 2.90. The zero-order valence-electron chi connectivity index (χ0n) is 11.4. The van der Waals surface area contributed by atoms with E-state index in [-0.39, 0.29) is 11.9 Å². The van der Waals surface area contributed by atoms with E-state index in [9.17, 15) is 9.59 Å². The van der Waals surface area contributed by atoms with Crippen LogP contribution in [0.15, 0.2) is 24.3 Å². The Hall–Kier alpha value is -1.11. The van der Waals surface area contributed by atoms with Crippen molar-refractivity contribution in [2.24, 2.45) is 0 Å². The summed E-state index contributed by atoms with van der Waals surface area (Å²) in [5.41, 5.74) is 0.494. The summed E-state index contributed by atoms with van der Waals surface area (Å²) < 4.78 is 6.05. The molecule has 1 saturated carbocycles. The van der Waals surface area contributed by atoms with Gasteiger partial charge in [0.1, 0.15) is 0 Å². The highest BCUT2D eigenvalue weighted by Gasteiger charge is 2.23. The summed E-state index contributed by atoms with van der Waals surface area (Å²) in [4.78, 5) is 24.0. The molecule has 108 valence electrons. The molecular weight excluding hydrogens is 369 g/mol. The van der Waals surface area contributed by atoms with Gasteiger partial charge in [-0.1, -0.05) is 25.0 Å². The molecule has 5 heteroatoms. The number of hydrogen-bond acceptors (Lipinski definition) is 3. The van der Waals surface area contributed by atoms with E-state index in [0.717, 1.165) is 29.3 Å². The van der Waals surface area contributed by atoms with Gasteiger partial charge in [0, 0.05) is 9.61 Å². The second-order valence-corrected chi connectivity index (χ2v) is 6.18. The zero-order valence-corrected chi connectivity index (χ0v) is 13.6. The number of carbonyl (C=O) groups is 2. The van der Waals surface area contributed by atoms with Gasteiger partial charge in [-0.3, -0.25) is 4.79 Å². The van der Waals surface area contributed by atoms with Crippen LogP contribution in [0, 0.1) is 3.57 Å². The van der Waals surface area contributed by atoms with Crippen molar-refractivity contribution >= 4 is 34.5 Å². The first-order valence-electron chi connectivity index (χ1n) is 6.84. The van der Waals surface area contributed by atoms with Crippen LogP contribution in [-0.4, -0.2) is 24.0 Å². The van der Waals surface area contributed by atoms with Crippen molar-refractivity contribution in [2.75, 3.05) is 0 Å². The summed E-state index contributed by atoms with van der Waals surface area (Å²) in [6.45, 7) is 1.61. The van der Waals surface area contributed by atoms with Crippen LogP contribution in [0.25, 0.3) is 0 Å². The molecule has 2 rings (SSSR count). The van der Waals surface area contributed by atoms with E-state index in [1.54, 1.807) is 19.1 Å². The molecule has 1 aliphatic rings. The summed E-state index contributed by atoms with van der Waals surface area (Å²) in [6, 6.07) is 7.41. The van der Waals surface area contributed by atoms with Crippen molar-refractivity contribution in [2.45, 2.75) is 44.8 Å². The van der Waals surface area contributed by atoms with Crippen LogP contribution in [0.1, 0.15) is 43.0 Å². The Morgan fingerprint density at radius 3 is 2.60 bits per heavy atom. The standard InChI is InChI=1S/C15H18INO3/c1-10(14(18)17-11-6-2-3-7-11)20-15(19)12-8-4-5-9-13(12)16/h4-5,8-11H,2-3,6-7H2,1H3,(H,17,18). The number of rotatable bonds is 4. The maximum atomic E-state index is 12.0. The second kappa shape index (κ2) is 7.06. The number of amides is 1. The van der Waals surface area contributed by atoms with Crippen molar-refractivity contribution in [3.63, 3.8) is 0 Å². The molecule has 4 nitrogen and oxygen atoms in total. The summed E-state index contributed by atoms with van der Waals surface area (Å²) in [5.74, 6) is -0.666. The normalized spacial score (nSPS) is 16.7. The first-order chi connectivity index (χ1) is 9.58. The van der Waals surface area contributed by atoms with Gasteiger partial charge in [0.25, 0.3) is 5.91 Å². The second-order valence-electron chi connectivity index (χ2n) is 5.02. The third-order valence-corrected chi connectivity index (χ3v) is 4.39. The summed E-state index contributed by atoms with van der Waals surface area (Å²) in [5, 5.41) is 2.93. The van der Waals surface area contributed by atoms with Gasteiger partial charge < -0.3 is 10.1 Å². The first kappa shape index (κ1) is 15.3. The minimum absolute atomic E-state index is 0.212. The Morgan fingerprint density at radius 2 is 1.95 bits per heavy atom. The van der Waals surface area contributed by atoms with Gasteiger partial charge in [0.15, 0.2) is 6.10 Å². The summed E-state index contributed by atoms with van der Waals surface area (Å²) >= 11 is 2.08. The molecule has 1 unspecified atom stereocenters. The Balaban J connectivity index is 1.90. The van der Waals surface area contributed by atoms with Crippen LogP contribution in [0.2, 0.25) is 0 Å². The molecular formula is C15H18INO3. The molecule has 1 fully saturated rings. The van der Waals surface area contributed by atoms with Crippen molar-refractivity contribution in [1.82, 2.24) is 5.32 Å². The van der Waals surface area contributed by atoms with Crippen LogP contribution >= 0.6 is 22.6 Å². The quantitative estimate of drug-likeness (QED) is 0.639. The third kappa shape index (κ3) is 3.94. The molecule has 1 atom stereocenters. The third-order valence-electron chi connectivity index (χ3n) is 3.45. The molecule has 1 aromatic carbocycles. The van der Waals surface area contributed by atoms with E-state index in [2.05, 4.69) is 27.9 Å². The maximum absolute atomic E-state index is 12.0. The monoisotopic (exact) mass is 387 g/mol. The number of halogens is 1. The highest BCUT2D eigenvalue weighted by atomic mass is 127. The fraction of sp³-hybridized carbons (Fsp3) is 0.467. The lowest BCUT2D eigenvalue weighted by molar-refractivity contribution is -0.129. The van der Waals surface area contributed by atoms with Gasteiger partial charge >= 0.3 is 5.97 Å². The summed E-state index contributed by atoms with van der Waals surface area (Å²) in [7, 11) is 0. The summed E-state index contributed by atoms with van der Waals surface area (Å²) in [6.07, 6.45) is 3.58. The number of nitrogens with one attached hydrogen (secondary N) is 1. The molecule has 0 radical (unpaired) electrons. The van der Waals surface area contributed by atoms with Crippen molar-refractivity contribution in [3.8, 4) is 0 Å². The van der Waals surface area contributed by atoms with Crippen LogP contribution in [-0.2, 0) is 9.53 Å². The predicted molar refractivity (Wildman–Crippen MR) is 84.4 cm³/mol. The van der Waals surface area contributed by atoms with Gasteiger partial charge in [-0.15, -0.1) is 0 Å². The number of esters is 1. The molecule has 0 bridgehead atoms. The smallest absolute Gasteiger partial charge is 0.339 e. The van der Waals surface area contributed by atoms with Gasteiger partial charge in [-0.25, -0.2) is 4.79 Å². The molecule has 1 amide bonds. The van der Waals surface area contributed by atoms with Crippen LogP contribution in [0.5, 0.6) is 0 Å². The maximum Gasteiger partial charge on any atom is 0.339 e.